The number of para-hydroxylation sites is 1. The maximum Gasteiger partial charge on any atom is 0.146 e. The molecule has 0 atom stereocenters. The lowest BCUT2D eigenvalue weighted by Gasteiger charge is -2.09. The van der Waals surface area contributed by atoms with E-state index in [1.54, 1.807) is 17.4 Å². The maximum absolute atomic E-state index is 5.20. The Morgan fingerprint density at radius 3 is 2.22 bits per heavy atom. The number of nitrogens with zero attached hydrogens (tertiary/aromatic N) is 3. The summed E-state index contributed by atoms with van der Waals surface area (Å²) in [4.78, 5) is 9.32. The van der Waals surface area contributed by atoms with Gasteiger partial charge in [-0.3, -0.25) is 9.56 Å². The van der Waals surface area contributed by atoms with E-state index in [0.717, 1.165) is 33.6 Å². The second-order valence-corrected chi connectivity index (χ2v) is 9.44. The van der Waals surface area contributed by atoms with Gasteiger partial charge in [-0.2, -0.15) is 0 Å². The number of hydrogen-bond acceptors (Lipinski definition) is 3. The molecular formula is C33H33N3S. The van der Waals surface area contributed by atoms with Gasteiger partial charge in [0.1, 0.15) is 5.65 Å². The van der Waals surface area contributed by atoms with Crippen molar-refractivity contribution in [2.45, 2.75) is 34.1 Å². The number of hydrogen-bond donors (Lipinski definition) is 0. The molecule has 0 aliphatic carbocycles. The number of fused-ring (bicyclic) bond motifs is 6. The molecule has 186 valence electrons. The quantitative estimate of drug-likeness (QED) is 0.174. The van der Waals surface area contributed by atoms with Gasteiger partial charge in [0, 0.05) is 32.1 Å². The number of aliphatic imine (C=N–C) groups is 1. The van der Waals surface area contributed by atoms with Gasteiger partial charge in [0.2, 0.25) is 0 Å². The number of aromatic nitrogens is 2. The second kappa shape index (κ2) is 11.8. The van der Waals surface area contributed by atoms with Crippen LogP contribution < -0.4 is 0 Å². The third-order valence-corrected chi connectivity index (χ3v) is 6.95. The van der Waals surface area contributed by atoms with Crippen LogP contribution in [0.15, 0.2) is 103 Å². The predicted octanol–water partition coefficient (Wildman–Crippen LogP) is 10.2. The monoisotopic (exact) mass is 503 g/mol. The molecule has 0 radical (unpaired) electrons. The van der Waals surface area contributed by atoms with Crippen LogP contribution >= 0.6 is 11.3 Å². The third-order valence-electron chi connectivity index (χ3n) is 5.84. The molecule has 6 aromatic rings. The lowest BCUT2D eigenvalue weighted by atomic mass is 10.1. The highest BCUT2D eigenvalue weighted by Gasteiger charge is 2.16. The fourth-order valence-electron chi connectivity index (χ4n) is 4.40. The first-order chi connectivity index (χ1) is 18.2. The second-order valence-electron chi connectivity index (χ2n) is 8.36. The van der Waals surface area contributed by atoms with Crippen LogP contribution in [0, 0.1) is 0 Å². The molecular weight excluding hydrogens is 470 g/mol. The summed E-state index contributed by atoms with van der Waals surface area (Å²) >= 11 is 1.80. The highest BCUT2D eigenvalue weighted by molar-refractivity contribution is 7.25. The minimum atomic E-state index is 0.804. The summed E-state index contributed by atoms with van der Waals surface area (Å²) in [5, 5.41) is 3.58. The summed E-state index contributed by atoms with van der Waals surface area (Å²) in [5.74, 6) is 0. The lowest BCUT2D eigenvalue weighted by molar-refractivity contribution is 1.09. The fourth-order valence-corrected chi connectivity index (χ4v) is 5.49. The van der Waals surface area contributed by atoms with Gasteiger partial charge < -0.3 is 0 Å². The highest BCUT2D eigenvalue weighted by Crippen LogP contribution is 2.38. The molecule has 0 spiro atoms. The Labute approximate surface area is 223 Å². The van der Waals surface area contributed by atoms with Crippen LogP contribution in [0.25, 0.3) is 53.6 Å². The molecule has 0 N–H and O–H groups in total. The van der Waals surface area contributed by atoms with E-state index in [4.69, 9.17) is 4.98 Å². The SMILES string of the molecule is C=C/C=C(\N=C)c1ccc(-n2c3ccccc3c3cc4sc5ccccc5c4nc32)cc1.CC.CCC. The Kier molecular flexibility index (Phi) is 8.32. The fraction of sp³-hybridized carbons (Fsp3) is 0.152. The van der Waals surface area contributed by atoms with Gasteiger partial charge in [0.15, 0.2) is 0 Å². The summed E-state index contributed by atoms with van der Waals surface area (Å²) in [6, 6.07) is 27.6. The zero-order valence-electron chi connectivity index (χ0n) is 22.0. The molecule has 0 saturated heterocycles. The Hall–Kier alpha value is -4.02. The number of benzene rings is 3. The van der Waals surface area contributed by atoms with Gasteiger partial charge in [-0.1, -0.05) is 95.3 Å². The van der Waals surface area contributed by atoms with Crippen LogP contribution in [0.2, 0.25) is 0 Å². The van der Waals surface area contributed by atoms with Crippen LogP contribution in [0.5, 0.6) is 0 Å². The molecule has 0 aliphatic heterocycles. The molecule has 0 bridgehead atoms. The molecule has 3 heterocycles. The minimum absolute atomic E-state index is 0.804. The van der Waals surface area contributed by atoms with E-state index in [2.05, 4.69) is 116 Å². The average molecular weight is 504 g/mol. The van der Waals surface area contributed by atoms with E-state index in [9.17, 15) is 0 Å². The van der Waals surface area contributed by atoms with Crippen molar-refractivity contribution >= 4 is 66.0 Å². The predicted molar refractivity (Wildman–Crippen MR) is 167 cm³/mol. The number of thiophene rings is 1. The van der Waals surface area contributed by atoms with E-state index in [1.807, 2.05) is 19.9 Å². The molecule has 0 fully saturated rings. The van der Waals surface area contributed by atoms with Gasteiger partial charge in [-0.25, -0.2) is 4.98 Å². The topological polar surface area (TPSA) is 30.2 Å². The van der Waals surface area contributed by atoms with E-state index < -0.39 is 0 Å². The van der Waals surface area contributed by atoms with Crippen molar-refractivity contribution in [3.8, 4) is 5.69 Å². The normalized spacial score (nSPS) is 11.2. The molecule has 3 nitrogen and oxygen atoms in total. The Morgan fingerprint density at radius 1 is 0.892 bits per heavy atom. The van der Waals surface area contributed by atoms with Gasteiger partial charge in [0.25, 0.3) is 0 Å². The first kappa shape index (κ1) is 26.1. The molecule has 3 aromatic carbocycles. The summed E-state index contributed by atoms with van der Waals surface area (Å²) < 4.78 is 4.73. The Balaban J connectivity index is 0.000000599. The van der Waals surface area contributed by atoms with Crippen molar-refractivity contribution in [2.75, 3.05) is 0 Å². The van der Waals surface area contributed by atoms with Crippen LogP contribution in [0.1, 0.15) is 39.7 Å². The highest BCUT2D eigenvalue weighted by atomic mass is 32.1. The van der Waals surface area contributed by atoms with Crippen molar-refractivity contribution in [3.05, 3.63) is 103 Å². The molecule has 0 aliphatic rings. The van der Waals surface area contributed by atoms with Crippen molar-refractivity contribution in [1.29, 1.82) is 0 Å². The molecule has 37 heavy (non-hydrogen) atoms. The van der Waals surface area contributed by atoms with Crippen LogP contribution in [0.3, 0.4) is 0 Å². The van der Waals surface area contributed by atoms with Gasteiger partial charge in [-0.15, -0.1) is 11.3 Å². The first-order valence-electron chi connectivity index (χ1n) is 12.8. The molecule has 0 saturated carbocycles. The van der Waals surface area contributed by atoms with Crippen LogP contribution in [0.4, 0.5) is 0 Å². The zero-order valence-corrected chi connectivity index (χ0v) is 22.8. The van der Waals surface area contributed by atoms with Crippen LogP contribution in [-0.4, -0.2) is 16.3 Å². The van der Waals surface area contributed by atoms with Crippen molar-refractivity contribution in [1.82, 2.24) is 9.55 Å². The van der Waals surface area contributed by atoms with Gasteiger partial charge in [0.05, 0.1) is 21.4 Å². The van der Waals surface area contributed by atoms with E-state index in [-0.39, 0.29) is 0 Å². The average Bonchev–Trinajstić information content (AvgIpc) is 3.47. The smallest absolute Gasteiger partial charge is 0.146 e. The number of allylic oxidation sites excluding steroid dienone is 2. The summed E-state index contributed by atoms with van der Waals surface area (Å²) in [7, 11) is 0. The molecule has 3 aromatic heterocycles. The van der Waals surface area contributed by atoms with Crippen molar-refractivity contribution < 1.29 is 0 Å². The third kappa shape index (κ3) is 4.85. The molecule has 6 rings (SSSR count). The van der Waals surface area contributed by atoms with Gasteiger partial charge >= 0.3 is 0 Å². The first-order valence-corrected chi connectivity index (χ1v) is 13.6. The maximum atomic E-state index is 5.20. The van der Waals surface area contributed by atoms with E-state index >= 15 is 0 Å². The Morgan fingerprint density at radius 2 is 1.54 bits per heavy atom. The zero-order chi connectivity index (χ0) is 26.4. The standard InChI is InChI=1S/C28H19N3S.C3H8.C2H6/c1-3-8-23(29-2)18-13-15-19(16-14-18)31-24-11-6-4-9-20(24)22-17-26-27(30-28(22)31)21-10-5-7-12-25(21)32-26;1-3-2;1-2/h3-17H,1-2H2;3H2,1-2H3;1-2H3/b23-8-;;. The molecule has 4 heteroatoms. The van der Waals surface area contributed by atoms with Crippen molar-refractivity contribution in [3.63, 3.8) is 0 Å². The van der Waals surface area contributed by atoms with Crippen LogP contribution in [-0.2, 0) is 0 Å². The number of pyridine rings is 1. The van der Waals surface area contributed by atoms with E-state index in [1.165, 1.54) is 32.0 Å². The largest absolute Gasteiger partial charge is 0.294 e. The minimum Gasteiger partial charge on any atom is -0.294 e. The van der Waals surface area contributed by atoms with Crippen molar-refractivity contribution in [2.24, 2.45) is 4.99 Å². The lowest BCUT2D eigenvalue weighted by Crippen LogP contribution is -1.96. The molecule has 0 amide bonds. The summed E-state index contributed by atoms with van der Waals surface area (Å²) in [6.07, 6.45) is 4.84. The summed E-state index contributed by atoms with van der Waals surface area (Å²) in [5.41, 5.74) is 6.05. The van der Waals surface area contributed by atoms with Gasteiger partial charge in [-0.05, 0) is 43.1 Å². The summed E-state index contributed by atoms with van der Waals surface area (Å²) in [6.45, 7) is 15.7. The Bertz CT molecular complexity index is 1720. The van der Waals surface area contributed by atoms with E-state index in [0.29, 0.717) is 0 Å². The molecule has 0 unspecified atom stereocenters. The number of rotatable bonds is 4.